The fourth-order valence-electron chi connectivity index (χ4n) is 3.83. The Hall–Kier alpha value is -2.17. The molecule has 0 bridgehead atoms. The van der Waals surface area contributed by atoms with Gasteiger partial charge in [0.05, 0.1) is 10.2 Å². The molecule has 2 aromatic heterocycles. The quantitative estimate of drug-likeness (QED) is 0.536. The number of hydrogen-bond acceptors (Lipinski definition) is 3. The highest BCUT2D eigenvalue weighted by Crippen LogP contribution is 2.38. The molecule has 5 rings (SSSR count). The largest absolute Gasteiger partial charge is 0.299 e. The van der Waals surface area contributed by atoms with Crippen LogP contribution < -0.4 is 0 Å². The molecule has 4 heteroatoms. The minimum atomic E-state index is 1.07. The van der Waals surface area contributed by atoms with E-state index in [2.05, 4.69) is 63.6 Å². The van der Waals surface area contributed by atoms with Gasteiger partial charge in [-0.3, -0.25) is 10.00 Å². The summed E-state index contributed by atoms with van der Waals surface area (Å²) < 4.78 is 2.57. The van der Waals surface area contributed by atoms with E-state index in [-0.39, 0.29) is 0 Å². The van der Waals surface area contributed by atoms with Crippen LogP contribution in [0.3, 0.4) is 0 Å². The molecule has 3 heterocycles. The van der Waals surface area contributed by atoms with Gasteiger partial charge in [-0.05, 0) is 37.6 Å². The van der Waals surface area contributed by atoms with E-state index in [1.165, 1.54) is 58.3 Å². The summed E-state index contributed by atoms with van der Waals surface area (Å²) >= 11 is 1.82. The van der Waals surface area contributed by atoms with Gasteiger partial charge in [0.2, 0.25) is 0 Å². The van der Waals surface area contributed by atoms with E-state index in [1.807, 2.05) is 11.3 Å². The van der Waals surface area contributed by atoms with Gasteiger partial charge < -0.3 is 0 Å². The van der Waals surface area contributed by atoms with Crippen molar-refractivity contribution < 1.29 is 0 Å². The number of aromatic nitrogens is 2. The molecule has 1 saturated heterocycles. The SMILES string of the molecule is c1ccc2c(c1)sc1c(-c3ccc(CN4CCCCC4)cc3)n[nH]c12. The lowest BCUT2D eigenvalue weighted by Gasteiger charge is -2.26. The Morgan fingerprint density at radius 2 is 1.76 bits per heavy atom. The smallest absolute Gasteiger partial charge is 0.110 e. The summed E-state index contributed by atoms with van der Waals surface area (Å²) in [5.41, 5.74) is 4.82. The summed E-state index contributed by atoms with van der Waals surface area (Å²) in [4.78, 5) is 2.57. The van der Waals surface area contributed by atoms with Crippen LogP contribution in [0.4, 0.5) is 0 Å². The van der Waals surface area contributed by atoms with Crippen molar-refractivity contribution in [3.05, 3.63) is 54.1 Å². The first-order valence-corrected chi connectivity index (χ1v) is 9.87. The third kappa shape index (κ3) is 2.75. The Balaban J connectivity index is 1.45. The average molecular weight is 347 g/mol. The zero-order valence-corrected chi connectivity index (χ0v) is 15.0. The molecule has 0 saturated carbocycles. The molecule has 0 aliphatic carbocycles. The van der Waals surface area contributed by atoms with Crippen LogP contribution in [0, 0.1) is 0 Å². The maximum atomic E-state index is 4.60. The normalized spacial score (nSPS) is 16.0. The zero-order chi connectivity index (χ0) is 16.6. The van der Waals surface area contributed by atoms with Crippen LogP contribution in [0.15, 0.2) is 48.5 Å². The Morgan fingerprint density at radius 3 is 2.60 bits per heavy atom. The van der Waals surface area contributed by atoms with Crippen molar-refractivity contribution in [2.24, 2.45) is 0 Å². The fourth-order valence-corrected chi connectivity index (χ4v) is 4.99. The molecule has 0 radical (unpaired) electrons. The van der Waals surface area contributed by atoms with Crippen molar-refractivity contribution in [3.8, 4) is 11.3 Å². The number of thiophene rings is 1. The van der Waals surface area contributed by atoms with Crippen LogP contribution in [0.1, 0.15) is 24.8 Å². The molecule has 1 aliphatic heterocycles. The number of rotatable bonds is 3. The fraction of sp³-hybridized carbons (Fsp3) is 0.286. The van der Waals surface area contributed by atoms with Gasteiger partial charge in [0.15, 0.2) is 0 Å². The number of H-pyrrole nitrogens is 1. The highest BCUT2D eigenvalue weighted by atomic mass is 32.1. The third-order valence-electron chi connectivity index (χ3n) is 5.17. The van der Waals surface area contributed by atoms with Crippen LogP contribution >= 0.6 is 11.3 Å². The predicted molar refractivity (Wildman–Crippen MR) is 106 cm³/mol. The first kappa shape index (κ1) is 15.1. The molecule has 0 amide bonds. The van der Waals surface area contributed by atoms with Crippen LogP contribution in [-0.4, -0.2) is 28.2 Å². The molecule has 1 aliphatic rings. The molecule has 126 valence electrons. The molecule has 2 aromatic carbocycles. The number of piperidine rings is 1. The zero-order valence-electron chi connectivity index (χ0n) is 14.2. The molecule has 4 aromatic rings. The number of aromatic amines is 1. The first-order chi connectivity index (χ1) is 12.4. The van der Waals surface area contributed by atoms with Crippen molar-refractivity contribution in [2.45, 2.75) is 25.8 Å². The van der Waals surface area contributed by atoms with Crippen LogP contribution in [-0.2, 0) is 6.54 Å². The number of hydrogen-bond donors (Lipinski definition) is 1. The van der Waals surface area contributed by atoms with Crippen LogP contribution in [0.2, 0.25) is 0 Å². The molecular formula is C21H21N3S. The van der Waals surface area contributed by atoms with Gasteiger partial charge >= 0.3 is 0 Å². The third-order valence-corrected chi connectivity index (χ3v) is 6.35. The lowest BCUT2D eigenvalue weighted by atomic mass is 10.1. The molecule has 0 spiro atoms. The highest BCUT2D eigenvalue weighted by molar-refractivity contribution is 7.26. The lowest BCUT2D eigenvalue weighted by Crippen LogP contribution is -2.28. The summed E-state index contributed by atoms with van der Waals surface area (Å²) in [6, 6.07) is 17.5. The van der Waals surface area contributed by atoms with Crippen molar-refractivity contribution >= 4 is 31.6 Å². The van der Waals surface area contributed by atoms with E-state index in [0.29, 0.717) is 0 Å². The molecule has 1 N–H and O–H groups in total. The summed E-state index contributed by atoms with van der Waals surface area (Å²) in [6.07, 6.45) is 4.07. The number of nitrogens with one attached hydrogen (secondary N) is 1. The Bertz CT molecular complexity index is 1010. The van der Waals surface area contributed by atoms with Crippen molar-refractivity contribution in [1.82, 2.24) is 15.1 Å². The van der Waals surface area contributed by atoms with E-state index >= 15 is 0 Å². The Labute approximate surface area is 151 Å². The molecule has 0 atom stereocenters. The second kappa shape index (κ2) is 6.28. The summed E-state index contributed by atoms with van der Waals surface area (Å²) in [5, 5.41) is 9.10. The van der Waals surface area contributed by atoms with E-state index in [9.17, 15) is 0 Å². The van der Waals surface area contributed by atoms with E-state index in [1.54, 1.807) is 0 Å². The second-order valence-corrected chi connectivity index (χ2v) is 7.96. The number of likely N-dealkylation sites (tertiary alicyclic amines) is 1. The topological polar surface area (TPSA) is 31.9 Å². The molecular weight excluding hydrogens is 326 g/mol. The molecule has 25 heavy (non-hydrogen) atoms. The standard InChI is InChI=1S/C21H21N3S/c1-4-12-24(13-5-1)14-15-8-10-16(11-9-15)19-21-20(23-22-19)17-6-2-3-7-18(17)25-21/h2-3,6-11H,1,4-5,12-14H2,(H,22,23). The number of fused-ring (bicyclic) bond motifs is 3. The summed E-state index contributed by atoms with van der Waals surface area (Å²) in [5.74, 6) is 0. The van der Waals surface area contributed by atoms with Gasteiger partial charge in [0, 0.05) is 22.2 Å². The Kier molecular flexibility index (Phi) is 3.80. The second-order valence-electron chi connectivity index (χ2n) is 6.91. The monoisotopic (exact) mass is 347 g/mol. The van der Waals surface area contributed by atoms with Gasteiger partial charge in [0.1, 0.15) is 5.69 Å². The minimum Gasteiger partial charge on any atom is -0.299 e. The highest BCUT2D eigenvalue weighted by Gasteiger charge is 2.14. The predicted octanol–water partition coefficient (Wildman–Crippen LogP) is 5.43. The molecule has 3 nitrogen and oxygen atoms in total. The number of benzene rings is 2. The first-order valence-electron chi connectivity index (χ1n) is 9.06. The van der Waals surface area contributed by atoms with Gasteiger partial charge in [-0.1, -0.05) is 48.9 Å². The maximum Gasteiger partial charge on any atom is 0.110 e. The van der Waals surface area contributed by atoms with E-state index in [4.69, 9.17) is 0 Å². The van der Waals surface area contributed by atoms with Gasteiger partial charge in [-0.2, -0.15) is 5.10 Å². The molecule has 0 unspecified atom stereocenters. The summed E-state index contributed by atoms with van der Waals surface area (Å²) in [7, 11) is 0. The van der Waals surface area contributed by atoms with E-state index in [0.717, 1.165) is 17.8 Å². The molecule has 1 fully saturated rings. The van der Waals surface area contributed by atoms with E-state index < -0.39 is 0 Å². The van der Waals surface area contributed by atoms with Crippen LogP contribution in [0.5, 0.6) is 0 Å². The van der Waals surface area contributed by atoms with Crippen molar-refractivity contribution in [1.29, 1.82) is 0 Å². The average Bonchev–Trinajstić information content (AvgIpc) is 3.23. The Morgan fingerprint density at radius 1 is 0.960 bits per heavy atom. The van der Waals surface area contributed by atoms with Gasteiger partial charge in [-0.25, -0.2) is 0 Å². The van der Waals surface area contributed by atoms with Crippen molar-refractivity contribution in [3.63, 3.8) is 0 Å². The maximum absolute atomic E-state index is 4.60. The number of nitrogens with zero attached hydrogens (tertiary/aromatic N) is 2. The van der Waals surface area contributed by atoms with Crippen molar-refractivity contribution in [2.75, 3.05) is 13.1 Å². The van der Waals surface area contributed by atoms with Gasteiger partial charge in [-0.15, -0.1) is 11.3 Å². The van der Waals surface area contributed by atoms with Crippen LogP contribution in [0.25, 0.3) is 31.6 Å². The van der Waals surface area contributed by atoms with Gasteiger partial charge in [0.25, 0.3) is 0 Å². The minimum absolute atomic E-state index is 1.07. The summed E-state index contributed by atoms with van der Waals surface area (Å²) in [6.45, 7) is 3.55. The lowest BCUT2D eigenvalue weighted by molar-refractivity contribution is 0.221.